The van der Waals surface area contributed by atoms with Gasteiger partial charge in [-0.3, -0.25) is 10.1 Å². The quantitative estimate of drug-likeness (QED) is 0.644. The zero-order chi connectivity index (χ0) is 12.3. The number of anilines is 1. The third-order valence-electron chi connectivity index (χ3n) is 3.19. The van der Waals surface area contributed by atoms with Crippen molar-refractivity contribution >= 4 is 11.4 Å². The molecule has 5 heteroatoms. The van der Waals surface area contributed by atoms with Crippen LogP contribution in [-0.2, 0) is 4.74 Å². The van der Waals surface area contributed by atoms with E-state index in [-0.39, 0.29) is 11.8 Å². The molecule has 2 atom stereocenters. The minimum Gasteiger partial charge on any atom is -0.380 e. The first-order valence-corrected chi connectivity index (χ1v) is 5.74. The number of hydrogen-bond acceptors (Lipinski definition) is 4. The van der Waals surface area contributed by atoms with Crippen LogP contribution < -0.4 is 5.32 Å². The van der Waals surface area contributed by atoms with Crippen molar-refractivity contribution in [2.45, 2.75) is 31.4 Å². The van der Waals surface area contributed by atoms with Crippen LogP contribution in [0.15, 0.2) is 24.3 Å². The van der Waals surface area contributed by atoms with Gasteiger partial charge >= 0.3 is 0 Å². The molecule has 0 bridgehead atoms. The summed E-state index contributed by atoms with van der Waals surface area (Å²) < 4.78 is 5.39. The van der Waals surface area contributed by atoms with Crippen molar-refractivity contribution in [1.29, 1.82) is 0 Å². The lowest BCUT2D eigenvalue weighted by Crippen LogP contribution is -2.29. The number of rotatable bonds is 4. The van der Waals surface area contributed by atoms with Gasteiger partial charge in [0.25, 0.3) is 5.69 Å². The largest absolute Gasteiger partial charge is 0.380 e. The topological polar surface area (TPSA) is 64.4 Å². The fraction of sp³-hybridized carbons (Fsp3) is 0.500. The summed E-state index contributed by atoms with van der Waals surface area (Å²) in [5.41, 5.74) is 1.02. The van der Waals surface area contributed by atoms with Crippen LogP contribution in [0.3, 0.4) is 0 Å². The minimum absolute atomic E-state index is 0.116. The lowest BCUT2D eigenvalue weighted by molar-refractivity contribution is -0.384. The Morgan fingerprint density at radius 2 is 2.06 bits per heavy atom. The first kappa shape index (κ1) is 11.9. The maximum absolute atomic E-state index is 10.5. The molecule has 2 rings (SSSR count). The van der Waals surface area contributed by atoms with E-state index in [1.165, 1.54) is 12.1 Å². The third kappa shape index (κ3) is 2.74. The number of nitro groups is 1. The van der Waals surface area contributed by atoms with Crippen LogP contribution >= 0.6 is 0 Å². The average Bonchev–Trinajstić information content (AvgIpc) is 2.77. The second-order valence-electron chi connectivity index (χ2n) is 4.26. The van der Waals surface area contributed by atoms with Gasteiger partial charge in [-0.15, -0.1) is 0 Å². The van der Waals surface area contributed by atoms with E-state index in [0.717, 1.165) is 24.9 Å². The van der Waals surface area contributed by atoms with E-state index in [2.05, 4.69) is 5.32 Å². The monoisotopic (exact) mass is 236 g/mol. The summed E-state index contributed by atoms with van der Waals surface area (Å²) in [6.07, 6.45) is 3.55. The molecule has 5 nitrogen and oxygen atoms in total. The smallest absolute Gasteiger partial charge is 0.269 e. The summed E-state index contributed by atoms with van der Waals surface area (Å²) in [4.78, 5) is 10.1. The Hall–Kier alpha value is -1.62. The lowest BCUT2D eigenvalue weighted by atomic mass is 10.2. The average molecular weight is 236 g/mol. The molecule has 1 aromatic rings. The summed E-state index contributed by atoms with van der Waals surface area (Å²) in [6.45, 7) is 0. The van der Waals surface area contributed by atoms with E-state index >= 15 is 0 Å². The normalized spacial score (nSPS) is 23.6. The molecule has 1 N–H and O–H groups in total. The molecule has 17 heavy (non-hydrogen) atoms. The Balaban J connectivity index is 2.01. The Bertz CT molecular complexity index is 391. The highest BCUT2D eigenvalue weighted by atomic mass is 16.6. The summed E-state index contributed by atoms with van der Waals surface area (Å²) in [7, 11) is 1.72. The molecule has 2 unspecified atom stereocenters. The van der Waals surface area contributed by atoms with E-state index in [4.69, 9.17) is 4.74 Å². The first-order chi connectivity index (χ1) is 8.20. The van der Waals surface area contributed by atoms with Crippen molar-refractivity contribution in [3.8, 4) is 0 Å². The van der Waals surface area contributed by atoms with Gasteiger partial charge in [-0.2, -0.15) is 0 Å². The molecule has 0 saturated heterocycles. The molecule has 0 radical (unpaired) electrons. The Morgan fingerprint density at radius 1 is 1.35 bits per heavy atom. The van der Waals surface area contributed by atoms with Gasteiger partial charge in [0.2, 0.25) is 0 Å². The Kier molecular flexibility index (Phi) is 3.58. The Morgan fingerprint density at radius 3 is 2.65 bits per heavy atom. The van der Waals surface area contributed by atoms with Crippen LogP contribution in [0, 0.1) is 10.1 Å². The van der Waals surface area contributed by atoms with Crippen LogP contribution in [0.5, 0.6) is 0 Å². The Labute approximate surface area is 99.9 Å². The van der Waals surface area contributed by atoms with E-state index in [1.807, 2.05) is 0 Å². The highest BCUT2D eigenvalue weighted by Crippen LogP contribution is 2.25. The van der Waals surface area contributed by atoms with Crippen LogP contribution in [0.2, 0.25) is 0 Å². The van der Waals surface area contributed by atoms with E-state index in [0.29, 0.717) is 6.04 Å². The van der Waals surface area contributed by atoms with Gasteiger partial charge in [-0.25, -0.2) is 0 Å². The molecule has 0 aromatic heterocycles. The second kappa shape index (κ2) is 5.14. The highest BCUT2D eigenvalue weighted by Gasteiger charge is 2.26. The van der Waals surface area contributed by atoms with Crippen molar-refractivity contribution in [3.05, 3.63) is 34.4 Å². The van der Waals surface area contributed by atoms with Gasteiger partial charge in [0.05, 0.1) is 17.1 Å². The van der Waals surface area contributed by atoms with Crippen LogP contribution in [-0.4, -0.2) is 24.2 Å². The SMILES string of the molecule is COC1CCCC1Nc1ccc([N+](=O)[O-])cc1. The number of ether oxygens (including phenoxy) is 1. The molecular formula is C12H16N2O3. The van der Waals surface area contributed by atoms with Crippen LogP contribution in [0.25, 0.3) is 0 Å². The third-order valence-corrected chi connectivity index (χ3v) is 3.19. The standard InChI is InChI=1S/C12H16N2O3/c1-17-12-4-2-3-11(12)13-9-5-7-10(8-6-9)14(15)16/h5-8,11-13H,2-4H2,1H3. The lowest BCUT2D eigenvalue weighted by Gasteiger charge is -2.20. The molecule has 92 valence electrons. The molecule has 0 aliphatic heterocycles. The van der Waals surface area contributed by atoms with Crippen LogP contribution in [0.4, 0.5) is 11.4 Å². The van der Waals surface area contributed by atoms with Gasteiger partial charge < -0.3 is 10.1 Å². The van der Waals surface area contributed by atoms with Gasteiger partial charge in [0.1, 0.15) is 0 Å². The van der Waals surface area contributed by atoms with Gasteiger partial charge in [0.15, 0.2) is 0 Å². The first-order valence-electron chi connectivity index (χ1n) is 5.74. The fourth-order valence-corrected chi connectivity index (χ4v) is 2.27. The van der Waals surface area contributed by atoms with Crippen molar-refractivity contribution in [3.63, 3.8) is 0 Å². The molecular weight excluding hydrogens is 220 g/mol. The summed E-state index contributed by atoms with van der Waals surface area (Å²) in [5.74, 6) is 0. The number of non-ortho nitro benzene ring substituents is 1. The predicted molar refractivity (Wildman–Crippen MR) is 65.2 cm³/mol. The molecule has 1 aliphatic carbocycles. The van der Waals surface area contributed by atoms with E-state index < -0.39 is 4.92 Å². The van der Waals surface area contributed by atoms with Crippen molar-refractivity contribution in [1.82, 2.24) is 0 Å². The maximum Gasteiger partial charge on any atom is 0.269 e. The molecule has 0 amide bonds. The zero-order valence-electron chi connectivity index (χ0n) is 9.76. The molecule has 0 heterocycles. The molecule has 1 fully saturated rings. The summed E-state index contributed by atoms with van der Waals surface area (Å²) in [6, 6.07) is 6.81. The zero-order valence-corrected chi connectivity index (χ0v) is 9.76. The van der Waals surface area contributed by atoms with Crippen molar-refractivity contribution < 1.29 is 9.66 Å². The number of methoxy groups -OCH3 is 1. The minimum atomic E-state index is -0.392. The van der Waals surface area contributed by atoms with Crippen molar-refractivity contribution in [2.24, 2.45) is 0 Å². The molecule has 0 spiro atoms. The van der Waals surface area contributed by atoms with Crippen LogP contribution in [0.1, 0.15) is 19.3 Å². The maximum atomic E-state index is 10.5. The molecule has 1 aromatic carbocycles. The van der Waals surface area contributed by atoms with Gasteiger partial charge in [-0.1, -0.05) is 0 Å². The number of hydrogen-bond donors (Lipinski definition) is 1. The van der Waals surface area contributed by atoms with E-state index in [9.17, 15) is 10.1 Å². The second-order valence-corrected chi connectivity index (χ2v) is 4.26. The molecule has 1 saturated carbocycles. The van der Waals surface area contributed by atoms with E-state index in [1.54, 1.807) is 19.2 Å². The summed E-state index contributed by atoms with van der Waals surface area (Å²) >= 11 is 0. The van der Waals surface area contributed by atoms with Crippen molar-refractivity contribution in [2.75, 3.05) is 12.4 Å². The number of nitrogens with zero attached hydrogens (tertiary/aromatic N) is 1. The van der Waals surface area contributed by atoms with Gasteiger partial charge in [-0.05, 0) is 31.4 Å². The molecule has 1 aliphatic rings. The number of benzene rings is 1. The fourth-order valence-electron chi connectivity index (χ4n) is 2.27. The number of nitrogens with one attached hydrogen (secondary N) is 1. The van der Waals surface area contributed by atoms with Gasteiger partial charge in [0, 0.05) is 24.9 Å². The predicted octanol–water partition coefficient (Wildman–Crippen LogP) is 2.57. The number of nitro benzene ring substituents is 1. The summed E-state index contributed by atoms with van der Waals surface area (Å²) in [5, 5.41) is 13.9. The highest BCUT2D eigenvalue weighted by molar-refractivity contribution is 5.49.